The number of nitrogens with one attached hydrogen (secondary N) is 1. The maximum absolute atomic E-state index is 12.5. The Hall–Kier alpha value is -2.24. The predicted molar refractivity (Wildman–Crippen MR) is 100 cm³/mol. The van der Waals surface area contributed by atoms with E-state index in [2.05, 4.69) is 11.4 Å². The summed E-state index contributed by atoms with van der Waals surface area (Å²) in [5.74, 6) is 1.51. The smallest absolute Gasteiger partial charge is 0.319 e. The number of benzene rings is 1. The third-order valence-corrected chi connectivity index (χ3v) is 5.35. The first kappa shape index (κ1) is 18.5. The first-order valence-corrected chi connectivity index (χ1v) is 9.49. The zero-order chi connectivity index (χ0) is 18.5. The van der Waals surface area contributed by atoms with Crippen LogP contribution in [-0.2, 0) is 11.2 Å². The standard InChI is InChI=1S/C20H29N3O3/c1-22(2)20(25)23-10-7-16(8-11-23)19(24)21-14-15-9-12-26-18-6-4-3-5-17(18)13-15/h3-6,15-16H,7-14H2,1-2H3,(H,21,24). The van der Waals surface area contributed by atoms with Crippen LogP contribution in [0.3, 0.4) is 0 Å². The Morgan fingerprint density at radius 3 is 2.65 bits per heavy atom. The molecule has 26 heavy (non-hydrogen) atoms. The van der Waals surface area contributed by atoms with Gasteiger partial charge in [-0.25, -0.2) is 4.79 Å². The van der Waals surface area contributed by atoms with Crippen molar-refractivity contribution in [2.24, 2.45) is 11.8 Å². The van der Waals surface area contributed by atoms with E-state index >= 15 is 0 Å². The van der Waals surface area contributed by atoms with Crippen LogP contribution in [0.25, 0.3) is 0 Å². The molecule has 2 heterocycles. The van der Waals surface area contributed by atoms with Gasteiger partial charge in [-0.3, -0.25) is 4.79 Å². The molecule has 0 aromatic heterocycles. The van der Waals surface area contributed by atoms with Gasteiger partial charge in [0.1, 0.15) is 5.75 Å². The fourth-order valence-corrected chi connectivity index (χ4v) is 3.74. The van der Waals surface area contributed by atoms with Crippen LogP contribution in [0.1, 0.15) is 24.8 Å². The molecule has 1 N–H and O–H groups in total. The van der Waals surface area contributed by atoms with Crippen molar-refractivity contribution >= 4 is 11.9 Å². The van der Waals surface area contributed by atoms with Crippen LogP contribution in [0.15, 0.2) is 24.3 Å². The Kier molecular flexibility index (Phi) is 6.01. The van der Waals surface area contributed by atoms with E-state index < -0.39 is 0 Å². The second-order valence-corrected chi connectivity index (χ2v) is 7.50. The number of ether oxygens (including phenoxy) is 1. The first-order chi connectivity index (χ1) is 12.5. The fraction of sp³-hybridized carbons (Fsp3) is 0.600. The van der Waals surface area contributed by atoms with E-state index in [1.165, 1.54) is 5.56 Å². The van der Waals surface area contributed by atoms with Gasteiger partial charge in [-0.2, -0.15) is 0 Å². The summed E-state index contributed by atoms with van der Waals surface area (Å²) in [6, 6.07) is 8.17. The van der Waals surface area contributed by atoms with Gasteiger partial charge in [-0.05, 0) is 43.2 Å². The van der Waals surface area contributed by atoms with Crippen molar-refractivity contribution in [3.8, 4) is 5.75 Å². The Morgan fingerprint density at radius 1 is 1.19 bits per heavy atom. The lowest BCUT2D eigenvalue weighted by Crippen LogP contribution is -2.46. The number of piperidine rings is 1. The molecule has 1 saturated heterocycles. The van der Waals surface area contributed by atoms with E-state index in [1.54, 1.807) is 19.0 Å². The van der Waals surface area contributed by atoms with Crippen LogP contribution in [0, 0.1) is 11.8 Å². The molecule has 1 fully saturated rings. The minimum absolute atomic E-state index is 0.00975. The quantitative estimate of drug-likeness (QED) is 0.899. The summed E-state index contributed by atoms with van der Waals surface area (Å²) in [5, 5.41) is 3.14. The molecule has 6 nitrogen and oxygen atoms in total. The number of hydrogen-bond acceptors (Lipinski definition) is 3. The minimum Gasteiger partial charge on any atom is -0.493 e. The lowest BCUT2D eigenvalue weighted by molar-refractivity contribution is -0.126. The molecular weight excluding hydrogens is 330 g/mol. The summed E-state index contributed by atoms with van der Waals surface area (Å²) in [6.45, 7) is 2.69. The third kappa shape index (κ3) is 4.48. The molecule has 0 aliphatic carbocycles. The van der Waals surface area contributed by atoms with Gasteiger partial charge in [-0.1, -0.05) is 18.2 Å². The maximum Gasteiger partial charge on any atom is 0.319 e. The number of fused-ring (bicyclic) bond motifs is 1. The highest BCUT2D eigenvalue weighted by molar-refractivity contribution is 5.79. The Balaban J connectivity index is 1.45. The first-order valence-electron chi connectivity index (χ1n) is 9.49. The van der Waals surface area contributed by atoms with Crippen molar-refractivity contribution in [1.29, 1.82) is 0 Å². The lowest BCUT2D eigenvalue weighted by Gasteiger charge is -2.33. The van der Waals surface area contributed by atoms with E-state index in [0.29, 0.717) is 32.2 Å². The average molecular weight is 359 g/mol. The van der Waals surface area contributed by atoms with Crippen LogP contribution in [-0.4, -0.2) is 62.1 Å². The van der Waals surface area contributed by atoms with Crippen LogP contribution >= 0.6 is 0 Å². The zero-order valence-corrected chi connectivity index (χ0v) is 15.7. The minimum atomic E-state index is 0.00975. The second-order valence-electron chi connectivity index (χ2n) is 7.50. The highest BCUT2D eigenvalue weighted by atomic mass is 16.5. The van der Waals surface area contributed by atoms with Crippen molar-refractivity contribution in [3.05, 3.63) is 29.8 Å². The van der Waals surface area contributed by atoms with Gasteiger partial charge in [0.15, 0.2) is 0 Å². The van der Waals surface area contributed by atoms with Gasteiger partial charge < -0.3 is 19.9 Å². The molecule has 2 aliphatic heterocycles. The number of urea groups is 1. The third-order valence-electron chi connectivity index (χ3n) is 5.35. The van der Waals surface area contributed by atoms with E-state index in [0.717, 1.165) is 31.4 Å². The molecule has 1 atom stereocenters. The predicted octanol–water partition coefficient (Wildman–Crippen LogP) is 2.14. The molecule has 6 heteroatoms. The Labute approximate surface area is 155 Å². The highest BCUT2D eigenvalue weighted by Crippen LogP contribution is 2.26. The zero-order valence-electron chi connectivity index (χ0n) is 15.7. The number of carbonyl (C=O) groups is 2. The van der Waals surface area contributed by atoms with Gasteiger partial charge in [0, 0.05) is 39.6 Å². The largest absolute Gasteiger partial charge is 0.493 e. The monoisotopic (exact) mass is 359 g/mol. The van der Waals surface area contributed by atoms with Crippen LogP contribution in [0.4, 0.5) is 4.79 Å². The molecule has 0 bridgehead atoms. The molecule has 0 radical (unpaired) electrons. The number of likely N-dealkylation sites (tertiary alicyclic amines) is 1. The maximum atomic E-state index is 12.5. The molecule has 142 valence electrons. The molecule has 3 rings (SSSR count). The van der Waals surface area contributed by atoms with Gasteiger partial charge in [0.2, 0.25) is 5.91 Å². The molecule has 0 saturated carbocycles. The Morgan fingerprint density at radius 2 is 1.92 bits per heavy atom. The summed E-state index contributed by atoms with van der Waals surface area (Å²) in [5.41, 5.74) is 1.22. The molecule has 0 spiro atoms. The molecule has 1 aromatic rings. The van der Waals surface area contributed by atoms with Crippen molar-refractivity contribution in [3.63, 3.8) is 0 Å². The van der Waals surface area contributed by atoms with Gasteiger partial charge in [0.05, 0.1) is 6.61 Å². The van der Waals surface area contributed by atoms with Crippen molar-refractivity contribution in [2.45, 2.75) is 25.7 Å². The van der Waals surface area contributed by atoms with Crippen LogP contribution in [0.2, 0.25) is 0 Å². The fourth-order valence-electron chi connectivity index (χ4n) is 3.74. The van der Waals surface area contributed by atoms with Crippen LogP contribution in [0.5, 0.6) is 5.75 Å². The molecular formula is C20H29N3O3. The van der Waals surface area contributed by atoms with E-state index in [-0.39, 0.29) is 17.9 Å². The van der Waals surface area contributed by atoms with Gasteiger partial charge in [-0.15, -0.1) is 0 Å². The normalized spacial score (nSPS) is 20.5. The van der Waals surface area contributed by atoms with Gasteiger partial charge in [0.25, 0.3) is 0 Å². The lowest BCUT2D eigenvalue weighted by atomic mass is 9.94. The van der Waals surface area contributed by atoms with E-state index in [4.69, 9.17) is 4.74 Å². The summed E-state index contributed by atoms with van der Waals surface area (Å²) in [7, 11) is 3.52. The topological polar surface area (TPSA) is 61.9 Å². The average Bonchev–Trinajstić information content (AvgIpc) is 2.87. The molecule has 1 aromatic carbocycles. The second kappa shape index (κ2) is 8.43. The Bertz CT molecular complexity index is 639. The summed E-state index contributed by atoms with van der Waals surface area (Å²) in [6.07, 6.45) is 3.36. The number of hydrogen-bond donors (Lipinski definition) is 1. The molecule has 1 unspecified atom stereocenters. The van der Waals surface area contributed by atoms with E-state index in [1.807, 2.05) is 23.1 Å². The number of nitrogens with zero attached hydrogens (tertiary/aromatic N) is 2. The molecule has 3 amide bonds. The van der Waals surface area contributed by atoms with Crippen molar-refractivity contribution < 1.29 is 14.3 Å². The van der Waals surface area contributed by atoms with Gasteiger partial charge >= 0.3 is 6.03 Å². The summed E-state index contributed by atoms with van der Waals surface area (Å²) < 4.78 is 5.80. The van der Waals surface area contributed by atoms with Crippen molar-refractivity contribution in [1.82, 2.24) is 15.1 Å². The molecule has 2 aliphatic rings. The number of carbonyl (C=O) groups excluding carboxylic acids is 2. The number of rotatable bonds is 3. The van der Waals surface area contributed by atoms with Crippen LogP contribution < -0.4 is 10.1 Å². The summed E-state index contributed by atoms with van der Waals surface area (Å²) in [4.78, 5) is 27.9. The summed E-state index contributed by atoms with van der Waals surface area (Å²) >= 11 is 0. The number of para-hydroxylation sites is 1. The van der Waals surface area contributed by atoms with E-state index in [9.17, 15) is 9.59 Å². The highest BCUT2D eigenvalue weighted by Gasteiger charge is 2.28. The number of amides is 3. The van der Waals surface area contributed by atoms with Crippen molar-refractivity contribution in [2.75, 3.05) is 40.3 Å². The SMILES string of the molecule is CN(C)C(=O)N1CCC(C(=O)NCC2CCOc3ccccc3C2)CC1.